The summed E-state index contributed by atoms with van der Waals surface area (Å²) in [5, 5.41) is 6.48. The van der Waals surface area contributed by atoms with Crippen LogP contribution in [0.3, 0.4) is 0 Å². The minimum absolute atomic E-state index is 0.0155. The summed E-state index contributed by atoms with van der Waals surface area (Å²) in [7, 11) is 0. The Bertz CT molecular complexity index is 699. The van der Waals surface area contributed by atoms with Crippen LogP contribution in [0, 0.1) is 0 Å². The SMILES string of the molecule is CCCCN(C(=O)Cn1nc(C(F)F)c2c1CCC2)c1nccs1. The molecule has 5 nitrogen and oxygen atoms in total. The topological polar surface area (TPSA) is 51.0 Å². The van der Waals surface area contributed by atoms with Crippen molar-refractivity contribution in [1.82, 2.24) is 14.8 Å². The van der Waals surface area contributed by atoms with Crippen molar-refractivity contribution in [2.24, 2.45) is 0 Å². The zero-order valence-electron chi connectivity index (χ0n) is 13.5. The predicted octanol–water partition coefficient (Wildman–Crippen LogP) is 3.60. The highest BCUT2D eigenvalue weighted by atomic mass is 32.1. The maximum absolute atomic E-state index is 13.1. The second-order valence-corrected chi connectivity index (χ2v) is 6.71. The third-order valence-corrected chi connectivity index (χ3v) is 5.01. The quantitative estimate of drug-likeness (QED) is 0.763. The number of aromatic nitrogens is 3. The van der Waals surface area contributed by atoms with Crippen molar-refractivity contribution in [3.8, 4) is 0 Å². The van der Waals surface area contributed by atoms with Gasteiger partial charge in [0, 0.05) is 29.4 Å². The second kappa shape index (κ2) is 7.38. The van der Waals surface area contributed by atoms with Gasteiger partial charge in [-0.1, -0.05) is 13.3 Å². The van der Waals surface area contributed by atoms with Crippen molar-refractivity contribution in [1.29, 1.82) is 0 Å². The van der Waals surface area contributed by atoms with Crippen molar-refractivity contribution < 1.29 is 13.6 Å². The van der Waals surface area contributed by atoms with E-state index in [-0.39, 0.29) is 18.1 Å². The van der Waals surface area contributed by atoms with E-state index in [0.29, 0.717) is 30.1 Å². The van der Waals surface area contributed by atoms with E-state index in [1.54, 1.807) is 11.1 Å². The normalized spacial score (nSPS) is 13.5. The molecule has 0 saturated heterocycles. The van der Waals surface area contributed by atoms with Crippen LogP contribution >= 0.6 is 11.3 Å². The number of alkyl halides is 2. The van der Waals surface area contributed by atoms with Crippen LogP contribution in [-0.4, -0.2) is 27.2 Å². The molecule has 0 aliphatic heterocycles. The van der Waals surface area contributed by atoms with Crippen LogP contribution in [0.1, 0.15) is 49.6 Å². The van der Waals surface area contributed by atoms with Crippen molar-refractivity contribution in [3.05, 3.63) is 28.5 Å². The van der Waals surface area contributed by atoms with Gasteiger partial charge in [0.15, 0.2) is 5.13 Å². The molecule has 2 aromatic heterocycles. The molecule has 0 spiro atoms. The third-order valence-electron chi connectivity index (χ3n) is 4.22. The predicted molar refractivity (Wildman–Crippen MR) is 88.6 cm³/mol. The summed E-state index contributed by atoms with van der Waals surface area (Å²) in [6, 6.07) is 0. The Morgan fingerprint density at radius 2 is 2.29 bits per heavy atom. The van der Waals surface area contributed by atoms with E-state index in [0.717, 1.165) is 25.0 Å². The van der Waals surface area contributed by atoms with Crippen LogP contribution < -0.4 is 4.90 Å². The van der Waals surface area contributed by atoms with Crippen molar-refractivity contribution in [2.75, 3.05) is 11.4 Å². The fraction of sp³-hybridized carbons (Fsp3) is 0.562. The highest BCUT2D eigenvalue weighted by Gasteiger charge is 2.28. The Hall–Kier alpha value is -1.83. The summed E-state index contributed by atoms with van der Waals surface area (Å²) >= 11 is 1.40. The molecule has 0 N–H and O–H groups in total. The van der Waals surface area contributed by atoms with E-state index in [2.05, 4.69) is 17.0 Å². The number of hydrogen-bond acceptors (Lipinski definition) is 4. The molecule has 0 bridgehead atoms. The van der Waals surface area contributed by atoms with E-state index >= 15 is 0 Å². The summed E-state index contributed by atoms with van der Waals surface area (Å²) in [5.74, 6) is -0.156. The lowest BCUT2D eigenvalue weighted by Gasteiger charge is -2.20. The molecule has 0 unspecified atom stereocenters. The molecule has 8 heteroatoms. The van der Waals surface area contributed by atoms with Crippen LogP contribution in [0.2, 0.25) is 0 Å². The maximum Gasteiger partial charge on any atom is 0.282 e. The number of anilines is 1. The first kappa shape index (κ1) is 17.0. The fourth-order valence-corrected chi connectivity index (χ4v) is 3.74. The van der Waals surface area contributed by atoms with Gasteiger partial charge in [0.25, 0.3) is 12.3 Å². The molecule has 0 radical (unpaired) electrons. The van der Waals surface area contributed by atoms with Gasteiger partial charge in [0.2, 0.25) is 0 Å². The lowest BCUT2D eigenvalue weighted by Crippen LogP contribution is -2.35. The molecular weight excluding hydrogens is 334 g/mol. The molecule has 0 fully saturated rings. The van der Waals surface area contributed by atoms with E-state index in [4.69, 9.17) is 0 Å². The zero-order chi connectivity index (χ0) is 17.1. The number of halogens is 2. The second-order valence-electron chi connectivity index (χ2n) is 5.84. The van der Waals surface area contributed by atoms with E-state index in [9.17, 15) is 13.6 Å². The number of nitrogens with zero attached hydrogens (tertiary/aromatic N) is 4. The highest BCUT2D eigenvalue weighted by molar-refractivity contribution is 7.13. The zero-order valence-corrected chi connectivity index (χ0v) is 14.4. The van der Waals surface area contributed by atoms with Crippen molar-refractivity contribution >= 4 is 22.4 Å². The monoisotopic (exact) mass is 354 g/mol. The standard InChI is InChI=1S/C16H20F2N4OS/c1-2-3-8-21(16-19-7-9-24-16)13(23)10-22-12-6-4-5-11(12)14(20-22)15(17)18/h7,9,15H,2-6,8,10H2,1H3. The largest absolute Gasteiger partial charge is 0.287 e. The number of fused-ring (bicyclic) bond motifs is 1. The van der Waals surface area contributed by atoms with Gasteiger partial charge >= 0.3 is 0 Å². The lowest BCUT2D eigenvalue weighted by molar-refractivity contribution is -0.119. The van der Waals surface area contributed by atoms with E-state index in [1.807, 2.05) is 5.38 Å². The Morgan fingerprint density at radius 1 is 1.46 bits per heavy atom. The maximum atomic E-state index is 13.1. The average Bonchev–Trinajstić information content (AvgIpc) is 3.26. The summed E-state index contributed by atoms with van der Waals surface area (Å²) < 4.78 is 27.8. The molecule has 24 heavy (non-hydrogen) atoms. The van der Waals surface area contributed by atoms with Crippen LogP contribution in [0.25, 0.3) is 0 Å². The van der Waals surface area contributed by atoms with E-state index in [1.165, 1.54) is 16.0 Å². The smallest absolute Gasteiger partial charge is 0.282 e. The van der Waals surface area contributed by atoms with Crippen LogP contribution in [-0.2, 0) is 24.2 Å². The molecule has 1 aliphatic rings. The van der Waals surface area contributed by atoms with Crippen LogP contribution in [0.4, 0.5) is 13.9 Å². The van der Waals surface area contributed by atoms with Gasteiger partial charge in [-0.15, -0.1) is 11.3 Å². The average molecular weight is 354 g/mol. The van der Waals surface area contributed by atoms with Crippen LogP contribution in [0.5, 0.6) is 0 Å². The van der Waals surface area contributed by atoms with Gasteiger partial charge in [-0.05, 0) is 25.7 Å². The van der Waals surface area contributed by atoms with Crippen molar-refractivity contribution in [3.63, 3.8) is 0 Å². The number of rotatable bonds is 7. The van der Waals surface area contributed by atoms with Gasteiger partial charge in [-0.3, -0.25) is 14.4 Å². The fourth-order valence-electron chi connectivity index (χ4n) is 3.05. The lowest BCUT2D eigenvalue weighted by atomic mass is 10.2. The Labute approximate surface area is 143 Å². The number of thiazole rings is 1. The van der Waals surface area contributed by atoms with Gasteiger partial charge in [0.1, 0.15) is 12.2 Å². The number of hydrogen-bond donors (Lipinski definition) is 0. The summed E-state index contributed by atoms with van der Waals surface area (Å²) in [4.78, 5) is 18.6. The summed E-state index contributed by atoms with van der Waals surface area (Å²) in [6.07, 6.45) is 3.06. The molecule has 0 atom stereocenters. The molecule has 2 aromatic rings. The number of carbonyl (C=O) groups is 1. The molecule has 1 aliphatic carbocycles. The molecule has 130 valence electrons. The Kier molecular flexibility index (Phi) is 5.23. The molecule has 1 amide bonds. The van der Waals surface area contributed by atoms with Gasteiger partial charge in [-0.2, -0.15) is 5.10 Å². The molecule has 0 aromatic carbocycles. The minimum atomic E-state index is -2.59. The van der Waals surface area contributed by atoms with Gasteiger partial charge in [0.05, 0.1) is 0 Å². The summed E-state index contributed by atoms with van der Waals surface area (Å²) in [5.41, 5.74) is 1.25. The van der Waals surface area contributed by atoms with Crippen LogP contribution in [0.15, 0.2) is 11.6 Å². The first-order chi connectivity index (χ1) is 11.6. The first-order valence-corrected chi connectivity index (χ1v) is 9.06. The van der Waals surface area contributed by atoms with Gasteiger partial charge in [-0.25, -0.2) is 13.8 Å². The Morgan fingerprint density at radius 3 is 2.96 bits per heavy atom. The molecule has 3 rings (SSSR count). The molecule has 2 heterocycles. The number of unbranched alkanes of at least 4 members (excludes halogenated alkanes) is 1. The first-order valence-electron chi connectivity index (χ1n) is 8.18. The third kappa shape index (κ3) is 3.33. The Balaban J connectivity index is 1.81. The summed E-state index contributed by atoms with van der Waals surface area (Å²) in [6.45, 7) is 2.62. The molecule has 0 saturated carbocycles. The van der Waals surface area contributed by atoms with Gasteiger partial charge < -0.3 is 0 Å². The van der Waals surface area contributed by atoms with E-state index < -0.39 is 6.43 Å². The minimum Gasteiger partial charge on any atom is -0.287 e. The molecular formula is C16H20F2N4OS. The number of carbonyl (C=O) groups excluding carboxylic acids is 1. The number of amides is 1. The van der Waals surface area contributed by atoms with Crippen molar-refractivity contribution in [2.45, 2.75) is 52.0 Å². The highest BCUT2D eigenvalue weighted by Crippen LogP contribution is 2.31.